The number of carbonyl (C=O) groups is 2. The Labute approximate surface area is 184 Å². The van der Waals surface area contributed by atoms with Gasteiger partial charge in [-0.1, -0.05) is 38.1 Å². The Kier molecular flexibility index (Phi) is 9.68. The summed E-state index contributed by atoms with van der Waals surface area (Å²) in [6.07, 6.45) is 0.715. The van der Waals surface area contributed by atoms with Crippen molar-refractivity contribution in [1.82, 2.24) is 10.9 Å². The lowest BCUT2D eigenvalue weighted by Gasteiger charge is -2.15. The van der Waals surface area contributed by atoms with Crippen LogP contribution < -0.4 is 25.1 Å². The smallest absolute Gasteiger partial charge is 0.276 e. The molecule has 2 rings (SSSR count). The van der Waals surface area contributed by atoms with Crippen LogP contribution in [0, 0.1) is 6.92 Å². The minimum absolute atomic E-state index is 0.180. The fraction of sp³-hybridized carbons (Fsp3) is 0.417. The van der Waals surface area contributed by atoms with Crippen LogP contribution in [0.4, 0.5) is 0 Å². The highest BCUT2D eigenvalue weighted by molar-refractivity contribution is 5.82. The number of hydrogen-bond acceptors (Lipinski definition) is 5. The van der Waals surface area contributed by atoms with Gasteiger partial charge in [-0.05, 0) is 55.5 Å². The highest BCUT2D eigenvalue weighted by Crippen LogP contribution is 2.27. The summed E-state index contributed by atoms with van der Waals surface area (Å²) >= 11 is 0. The number of aryl methyl sites for hydroxylation is 1. The molecular formula is C24H32N2O5. The van der Waals surface area contributed by atoms with Crippen LogP contribution in [0.5, 0.6) is 17.2 Å². The van der Waals surface area contributed by atoms with Crippen molar-refractivity contribution in [2.24, 2.45) is 0 Å². The standard InChI is InChI=1S/C24H32N2O5/c1-5-29-20-9-6-7-10-21(20)30-14-8-11-23(27)25-26-24(28)16-31-22-15-18(4)12-13-19(22)17(2)3/h6-7,9-10,12-13,15,17H,5,8,11,14,16H2,1-4H3,(H,25,27)(H,26,28). The molecule has 0 aliphatic carbocycles. The first kappa shape index (κ1) is 24.1. The van der Waals surface area contributed by atoms with Crippen LogP contribution in [0.2, 0.25) is 0 Å². The Morgan fingerprint density at radius 2 is 1.58 bits per heavy atom. The summed E-state index contributed by atoms with van der Waals surface area (Å²) in [5, 5.41) is 0. The van der Waals surface area contributed by atoms with E-state index in [0.29, 0.717) is 36.9 Å². The Bertz CT molecular complexity index is 867. The number of para-hydroxylation sites is 2. The third kappa shape index (κ3) is 8.20. The second-order valence-corrected chi connectivity index (χ2v) is 7.41. The van der Waals surface area contributed by atoms with Crippen LogP contribution in [0.3, 0.4) is 0 Å². The predicted octanol–water partition coefficient (Wildman–Crippen LogP) is 3.90. The number of hydrogen-bond donors (Lipinski definition) is 2. The lowest BCUT2D eigenvalue weighted by atomic mass is 10.0. The molecule has 2 amide bonds. The van der Waals surface area contributed by atoms with Gasteiger partial charge >= 0.3 is 0 Å². The Balaban J connectivity index is 1.68. The van der Waals surface area contributed by atoms with Gasteiger partial charge in [-0.3, -0.25) is 20.4 Å². The van der Waals surface area contributed by atoms with E-state index in [0.717, 1.165) is 11.1 Å². The Morgan fingerprint density at radius 1 is 0.903 bits per heavy atom. The molecular weight excluding hydrogens is 396 g/mol. The second kappa shape index (κ2) is 12.5. The Morgan fingerprint density at radius 3 is 2.26 bits per heavy atom. The maximum absolute atomic E-state index is 12.0. The van der Waals surface area contributed by atoms with Gasteiger partial charge in [0.05, 0.1) is 13.2 Å². The van der Waals surface area contributed by atoms with Crippen molar-refractivity contribution in [2.45, 2.75) is 46.5 Å². The van der Waals surface area contributed by atoms with Gasteiger partial charge in [-0.2, -0.15) is 0 Å². The molecule has 0 saturated heterocycles. The van der Waals surface area contributed by atoms with Crippen molar-refractivity contribution in [3.63, 3.8) is 0 Å². The number of rotatable bonds is 11. The molecule has 2 aromatic carbocycles. The SMILES string of the molecule is CCOc1ccccc1OCCCC(=O)NNC(=O)COc1cc(C)ccc1C(C)C. The van der Waals surface area contributed by atoms with Gasteiger partial charge in [0.1, 0.15) is 5.75 Å². The molecule has 31 heavy (non-hydrogen) atoms. The molecule has 2 aromatic rings. The van der Waals surface area contributed by atoms with Crippen molar-refractivity contribution < 1.29 is 23.8 Å². The predicted molar refractivity (Wildman–Crippen MR) is 119 cm³/mol. The van der Waals surface area contributed by atoms with E-state index >= 15 is 0 Å². The summed E-state index contributed by atoms with van der Waals surface area (Å²) in [7, 11) is 0. The quantitative estimate of drug-likeness (QED) is 0.419. The zero-order valence-electron chi connectivity index (χ0n) is 18.7. The van der Waals surface area contributed by atoms with E-state index in [9.17, 15) is 9.59 Å². The third-order valence-corrected chi connectivity index (χ3v) is 4.45. The number of benzene rings is 2. The molecule has 0 aromatic heterocycles. The van der Waals surface area contributed by atoms with Crippen LogP contribution in [0.15, 0.2) is 42.5 Å². The summed E-state index contributed by atoms with van der Waals surface area (Å²) < 4.78 is 16.8. The van der Waals surface area contributed by atoms with E-state index in [1.54, 1.807) is 0 Å². The van der Waals surface area contributed by atoms with Gasteiger partial charge in [-0.15, -0.1) is 0 Å². The van der Waals surface area contributed by atoms with Crippen molar-refractivity contribution in [3.05, 3.63) is 53.6 Å². The summed E-state index contributed by atoms with van der Waals surface area (Å²) in [6.45, 7) is 8.74. The van der Waals surface area contributed by atoms with Crippen molar-refractivity contribution in [2.75, 3.05) is 19.8 Å². The molecule has 168 valence electrons. The van der Waals surface area contributed by atoms with Gasteiger partial charge in [0.15, 0.2) is 18.1 Å². The molecule has 0 heterocycles. The van der Waals surface area contributed by atoms with Crippen LogP contribution in [-0.4, -0.2) is 31.6 Å². The van der Waals surface area contributed by atoms with Crippen molar-refractivity contribution in [3.8, 4) is 17.2 Å². The summed E-state index contributed by atoms with van der Waals surface area (Å²) in [4.78, 5) is 24.0. The monoisotopic (exact) mass is 428 g/mol. The molecule has 0 aliphatic heterocycles. The minimum atomic E-state index is -0.425. The molecule has 0 radical (unpaired) electrons. The molecule has 7 nitrogen and oxygen atoms in total. The largest absolute Gasteiger partial charge is 0.490 e. The summed E-state index contributed by atoms with van der Waals surface area (Å²) in [5.74, 6) is 1.56. The molecule has 0 saturated carbocycles. The first-order valence-corrected chi connectivity index (χ1v) is 10.6. The number of amides is 2. The van der Waals surface area contributed by atoms with E-state index in [-0.39, 0.29) is 24.9 Å². The fourth-order valence-corrected chi connectivity index (χ4v) is 2.88. The molecule has 0 unspecified atom stereocenters. The first-order valence-electron chi connectivity index (χ1n) is 10.6. The molecule has 0 fully saturated rings. The van der Waals surface area contributed by atoms with Crippen molar-refractivity contribution in [1.29, 1.82) is 0 Å². The maximum Gasteiger partial charge on any atom is 0.276 e. The van der Waals surface area contributed by atoms with E-state index in [1.807, 2.05) is 56.3 Å². The number of carbonyl (C=O) groups excluding carboxylic acids is 2. The maximum atomic E-state index is 12.0. The topological polar surface area (TPSA) is 85.9 Å². The second-order valence-electron chi connectivity index (χ2n) is 7.41. The van der Waals surface area contributed by atoms with Gasteiger partial charge < -0.3 is 14.2 Å². The summed E-state index contributed by atoms with van der Waals surface area (Å²) in [6, 6.07) is 13.3. The molecule has 0 bridgehead atoms. The van der Waals surface area contributed by atoms with Crippen LogP contribution in [0.1, 0.15) is 50.7 Å². The Hall–Kier alpha value is -3.22. The highest BCUT2D eigenvalue weighted by atomic mass is 16.5. The molecule has 2 N–H and O–H groups in total. The van der Waals surface area contributed by atoms with E-state index in [1.165, 1.54) is 0 Å². The van der Waals surface area contributed by atoms with Crippen LogP contribution >= 0.6 is 0 Å². The molecule has 0 atom stereocenters. The van der Waals surface area contributed by atoms with Gasteiger partial charge in [0, 0.05) is 6.42 Å². The van der Waals surface area contributed by atoms with Gasteiger partial charge in [-0.25, -0.2) is 0 Å². The van der Waals surface area contributed by atoms with E-state index in [2.05, 4.69) is 24.7 Å². The van der Waals surface area contributed by atoms with Gasteiger partial charge in [0.2, 0.25) is 5.91 Å². The lowest BCUT2D eigenvalue weighted by molar-refractivity contribution is -0.130. The average Bonchev–Trinajstić information content (AvgIpc) is 2.75. The summed E-state index contributed by atoms with van der Waals surface area (Å²) in [5.41, 5.74) is 6.87. The lowest BCUT2D eigenvalue weighted by Crippen LogP contribution is -2.43. The van der Waals surface area contributed by atoms with E-state index < -0.39 is 5.91 Å². The van der Waals surface area contributed by atoms with Crippen LogP contribution in [-0.2, 0) is 9.59 Å². The first-order chi connectivity index (χ1) is 14.9. The average molecular weight is 429 g/mol. The van der Waals surface area contributed by atoms with E-state index in [4.69, 9.17) is 14.2 Å². The molecule has 0 aliphatic rings. The number of ether oxygens (including phenoxy) is 3. The zero-order valence-corrected chi connectivity index (χ0v) is 18.7. The highest BCUT2D eigenvalue weighted by Gasteiger charge is 2.11. The van der Waals surface area contributed by atoms with Gasteiger partial charge in [0.25, 0.3) is 5.91 Å². The minimum Gasteiger partial charge on any atom is -0.490 e. The number of hydrazine groups is 1. The molecule has 7 heteroatoms. The van der Waals surface area contributed by atoms with Crippen LogP contribution in [0.25, 0.3) is 0 Å². The number of nitrogens with one attached hydrogen (secondary N) is 2. The van der Waals surface area contributed by atoms with Crippen molar-refractivity contribution >= 4 is 11.8 Å². The molecule has 0 spiro atoms. The zero-order chi connectivity index (χ0) is 22.6. The normalized spacial score (nSPS) is 10.5. The third-order valence-electron chi connectivity index (χ3n) is 4.45. The fourth-order valence-electron chi connectivity index (χ4n) is 2.88.